The molecule has 0 saturated carbocycles. The van der Waals surface area contributed by atoms with E-state index in [1.165, 1.54) is 25.4 Å². The Kier molecular flexibility index (Phi) is 5.27. The fourth-order valence-electron chi connectivity index (χ4n) is 2.72. The van der Waals surface area contributed by atoms with E-state index in [1.807, 2.05) is 0 Å². The molecule has 0 amide bonds. The van der Waals surface area contributed by atoms with Gasteiger partial charge in [0, 0.05) is 17.3 Å². The Balaban J connectivity index is 2.27. The summed E-state index contributed by atoms with van der Waals surface area (Å²) in [6.07, 6.45) is 1.33. The van der Waals surface area contributed by atoms with Gasteiger partial charge in [0.25, 0.3) is 0 Å². The molecule has 3 aromatic rings. The van der Waals surface area contributed by atoms with Crippen LogP contribution in [0.3, 0.4) is 0 Å². The molecule has 27 heavy (non-hydrogen) atoms. The number of rotatable bonds is 5. The highest BCUT2D eigenvalue weighted by Crippen LogP contribution is 2.32. The molecule has 0 spiro atoms. The van der Waals surface area contributed by atoms with Gasteiger partial charge < -0.3 is 4.74 Å². The van der Waals surface area contributed by atoms with Crippen molar-refractivity contribution in [3.05, 3.63) is 77.1 Å². The lowest BCUT2D eigenvalue weighted by molar-refractivity contribution is 0.103. The molecular weight excluding hydrogens is 388 g/mol. The third-order valence-electron chi connectivity index (χ3n) is 3.90. The lowest BCUT2D eigenvalue weighted by atomic mass is 9.98. The molecular formula is C19H15ClN2O4S. The van der Waals surface area contributed by atoms with E-state index in [4.69, 9.17) is 21.5 Å². The predicted molar refractivity (Wildman–Crippen MR) is 102 cm³/mol. The highest BCUT2D eigenvalue weighted by Gasteiger charge is 2.23. The molecule has 0 atom stereocenters. The molecule has 2 N–H and O–H groups in total. The van der Waals surface area contributed by atoms with E-state index < -0.39 is 15.8 Å². The number of sulfonamides is 1. The minimum atomic E-state index is -4.02. The molecule has 1 aromatic heterocycles. The quantitative estimate of drug-likeness (QED) is 0.660. The van der Waals surface area contributed by atoms with Crippen LogP contribution in [0.2, 0.25) is 5.02 Å². The largest absolute Gasteiger partial charge is 0.496 e. The van der Waals surface area contributed by atoms with Crippen molar-refractivity contribution in [3.63, 3.8) is 0 Å². The number of halogens is 1. The minimum Gasteiger partial charge on any atom is -0.496 e. The highest BCUT2D eigenvalue weighted by atomic mass is 35.5. The number of nitrogens with zero attached hydrogens (tertiary/aromatic N) is 1. The van der Waals surface area contributed by atoms with Crippen molar-refractivity contribution >= 4 is 27.4 Å². The summed E-state index contributed by atoms with van der Waals surface area (Å²) in [5.74, 6) is -0.0479. The van der Waals surface area contributed by atoms with E-state index >= 15 is 0 Å². The number of nitrogens with two attached hydrogens (primary N) is 1. The number of methoxy groups -OCH3 is 1. The van der Waals surface area contributed by atoms with E-state index in [1.54, 1.807) is 42.5 Å². The zero-order valence-corrected chi connectivity index (χ0v) is 15.8. The number of ketones is 1. The molecule has 0 fully saturated rings. The molecule has 0 unspecified atom stereocenters. The maximum atomic E-state index is 13.1. The van der Waals surface area contributed by atoms with Crippen LogP contribution in [-0.4, -0.2) is 26.3 Å². The van der Waals surface area contributed by atoms with Crippen molar-refractivity contribution in [1.29, 1.82) is 0 Å². The first-order chi connectivity index (χ1) is 12.8. The van der Waals surface area contributed by atoms with Crippen LogP contribution in [0.15, 0.2) is 65.7 Å². The van der Waals surface area contributed by atoms with E-state index in [-0.39, 0.29) is 26.7 Å². The molecule has 138 valence electrons. The average molecular weight is 403 g/mol. The number of para-hydroxylation sites is 1. The number of carbonyl (C=O) groups is 1. The van der Waals surface area contributed by atoms with Crippen LogP contribution in [0.25, 0.3) is 11.1 Å². The number of aromatic nitrogens is 1. The van der Waals surface area contributed by atoms with Gasteiger partial charge in [-0.3, -0.25) is 9.78 Å². The van der Waals surface area contributed by atoms with Gasteiger partial charge in [-0.2, -0.15) is 0 Å². The Bertz CT molecular complexity index is 1130. The lowest BCUT2D eigenvalue weighted by Gasteiger charge is -2.13. The van der Waals surface area contributed by atoms with Gasteiger partial charge in [-0.25, -0.2) is 13.6 Å². The van der Waals surface area contributed by atoms with Gasteiger partial charge in [-0.1, -0.05) is 41.9 Å². The fraction of sp³-hybridized carbons (Fsp3) is 0.0526. The summed E-state index contributed by atoms with van der Waals surface area (Å²) in [4.78, 5) is 17.2. The Morgan fingerprint density at radius 1 is 1.07 bits per heavy atom. The molecule has 0 aliphatic carbocycles. The van der Waals surface area contributed by atoms with E-state index in [0.717, 1.165) is 0 Å². The van der Waals surface area contributed by atoms with Crippen molar-refractivity contribution in [2.45, 2.75) is 4.90 Å². The van der Waals surface area contributed by atoms with E-state index in [9.17, 15) is 13.2 Å². The number of carbonyl (C=O) groups excluding carboxylic acids is 1. The summed E-state index contributed by atoms with van der Waals surface area (Å²) in [5.41, 5.74) is 0.848. The number of pyridine rings is 1. The topological polar surface area (TPSA) is 99.3 Å². The smallest absolute Gasteiger partial charge is 0.238 e. The summed E-state index contributed by atoms with van der Waals surface area (Å²) in [6.45, 7) is 0. The van der Waals surface area contributed by atoms with Crippen LogP contribution in [0.4, 0.5) is 0 Å². The summed E-state index contributed by atoms with van der Waals surface area (Å²) in [7, 11) is -2.56. The van der Waals surface area contributed by atoms with Gasteiger partial charge in [0.15, 0.2) is 0 Å². The van der Waals surface area contributed by atoms with Crippen LogP contribution in [0, 0.1) is 0 Å². The van der Waals surface area contributed by atoms with Crippen LogP contribution < -0.4 is 9.88 Å². The Labute approximate surface area is 161 Å². The summed E-state index contributed by atoms with van der Waals surface area (Å²) in [5, 5.41) is 5.59. The first-order valence-corrected chi connectivity index (χ1v) is 9.71. The number of hydrogen-bond donors (Lipinski definition) is 1. The monoisotopic (exact) mass is 402 g/mol. The number of benzene rings is 2. The summed E-state index contributed by atoms with van der Waals surface area (Å²) < 4.78 is 29.2. The molecule has 0 saturated heterocycles. The van der Waals surface area contributed by atoms with Gasteiger partial charge in [-0.05, 0) is 24.3 Å². The molecule has 0 bridgehead atoms. The zero-order valence-electron chi connectivity index (χ0n) is 14.2. The average Bonchev–Trinajstić information content (AvgIpc) is 2.66. The second-order valence-electron chi connectivity index (χ2n) is 5.62. The van der Waals surface area contributed by atoms with Gasteiger partial charge >= 0.3 is 0 Å². The Morgan fingerprint density at radius 3 is 2.44 bits per heavy atom. The van der Waals surface area contributed by atoms with Crippen molar-refractivity contribution in [2.75, 3.05) is 7.11 Å². The van der Waals surface area contributed by atoms with Crippen molar-refractivity contribution < 1.29 is 17.9 Å². The van der Waals surface area contributed by atoms with Gasteiger partial charge in [0.1, 0.15) is 11.4 Å². The second kappa shape index (κ2) is 7.48. The van der Waals surface area contributed by atoms with Gasteiger partial charge in [0.2, 0.25) is 15.8 Å². The van der Waals surface area contributed by atoms with Crippen LogP contribution in [0.1, 0.15) is 16.1 Å². The summed E-state index contributed by atoms with van der Waals surface area (Å²) in [6, 6.07) is 14.3. The summed E-state index contributed by atoms with van der Waals surface area (Å²) >= 11 is 6.06. The Morgan fingerprint density at radius 2 is 1.74 bits per heavy atom. The maximum absolute atomic E-state index is 13.1. The van der Waals surface area contributed by atoms with Gasteiger partial charge in [-0.15, -0.1) is 0 Å². The van der Waals surface area contributed by atoms with Crippen LogP contribution in [0.5, 0.6) is 5.75 Å². The van der Waals surface area contributed by atoms with E-state index in [0.29, 0.717) is 11.3 Å². The molecule has 0 aliphatic rings. The van der Waals surface area contributed by atoms with Crippen molar-refractivity contribution in [1.82, 2.24) is 4.98 Å². The second-order valence-corrected chi connectivity index (χ2v) is 7.59. The number of hydrogen-bond acceptors (Lipinski definition) is 5. The van der Waals surface area contributed by atoms with Gasteiger partial charge in [0.05, 0.1) is 22.6 Å². The normalized spacial score (nSPS) is 11.2. The first kappa shape index (κ1) is 19.0. The highest BCUT2D eigenvalue weighted by molar-refractivity contribution is 7.89. The molecule has 3 rings (SSSR count). The molecule has 0 aliphatic heterocycles. The standard InChI is InChI=1S/C19H15ClN2O4S/c1-26-16-8-4-2-7-14(16)19(23)18-15(10-12(20)11-22-18)13-6-3-5-9-17(13)27(21,24)25/h2-11H,1H3,(H2,21,24,25). The molecule has 1 heterocycles. The van der Waals surface area contributed by atoms with Crippen LogP contribution >= 0.6 is 11.6 Å². The predicted octanol–water partition coefficient (Wildman–Crippen LogP) is 3.29. The maximum Gasteiger partial charge on any atom is 0.238 e. The Hall–Kier alpha value is -2.74. The zero-order chi connectivity index (χ0) is 19.6. The fourth-order valence-corrected chi connectivity index (χ4v) is 3.63. The molecule has 8 heteroatoms. The van der Waals surface area contributed by atoms with Crippen molar-refractivity contribution in [3.8, 4) is 16.9 Å². The SMILES string of the molecule is COc1ccccc1C(=O)c1ncc(Cl)cc1-c1ccccc1S(N)(=O)=O. The van der Waals surface area contributed by atoms with E-state index in [2.05, 4.69) is 4.98 Å². The number of ether oxygens (including phenoxy) is 1. The molecule has 0 radical (unpaired) electrons. The lowest BCUT2D eigenvalue weighted by Crippen LogP contribution is -2.14. The molecule has 6 nitrogen and oxygen atoms in total. The minimum absolute atomic E-state index is 0.0417. The van der Waals surface area contributed by atoms with Crippen LogP contribution in [-0.2, 0) is 10.0 Å². The third kappa shape index (κ3) is 3.85. The van der Waals surface area contributed by atoms with Crippen molar-refractivity contribution in [2.24, 2.45) is 5.14 Å². The molecule has 2 aromatic carbocycles. The first-order valence-electron chi connectivity index (χ1n) is 7.78. The number of primary sulfonamides is 1. The third-order valence-corrected chi connectivity index (χ3v) is 5.08.